The third-order valence-corrected chi connectivity index (χ3v) is 6.59. The number of ether oxygens (including phenoxy) is 2. The molecule has 1 unspecified atom stereocenters. The molecule has 1 atom stereocenters. The van der Waals surface area contributed by atoms with Gasteiger partial charge in [-0.05, 0) is 54.7 Å². The lowest BCUT2D eigenvalue weighted by molar-refractivity contribution is -0.0360. The van der Waals surface area contributed by atoms with Crippen molar-refractivity contribution in [2.75, 3.05) is 26.7 Å². The number of hydrogen-bond donors (Lipinski definition) is 3. The summed E-state index contributed by atoms with van der Waals surface area (Å²) < 4.78 is 38.4. The first kappa shape index (κ1) is 24.7. The molecule has 2 heterocycles. The van der Waals surface area contributed by atoms with Gasteiger partial charge in [-0.3, -0.25) is 10.3 Å². The average Bonchev–Trinajstić information content (AvgIpc) is 3.27. The third-order valence-electron chi connectivity index (χ3n) is 6.59. The van der Waals surface area contributed by atoms with E-state index in [0.717, 1.165) is 42.0 Å². The van der Waals surface area contributed by atoms with Crippen LogP contribution in [0.3, 0.4) is 0 Å². The maximum atomic E-state index is 13.4. The lowest BCUT2D eigenvalue weighted by Crippen LogP contribution is -2.54. The van der Waals surface area contributed by atoms with Crippen LogP contribution < -0.4 is 21.7 Å². The van der Waals surface area contributed by atoms with Crippen molar-refractivity contribution in [3.63, 3.8) is 0 Å². The second-order valence-corrected chi connectivity index (χ2v) is 8.98. The Labute approximate surface area is 202 Å². The standard InChI is InChI=1S/C24H30F2N6O3/c1-31(28)22(30-27)29-23(33)32-10-8-24(9-11-32)13-18(15-35-24)17-3-5-19(6-4-17)34-14-16-2-7-20(25)21(26)12-16/h2-7,12,18H,8-11,13-15,27-28H2,1H3,(H,29,30,33). The van der Waals surface area contributed by atoms with Crippen molar-refractivity contribution >= 4 is 12.0 Å². The van der Waals surface area contributed by atoms with Gasteiger partial charge in [0.1, 0.15) is 12.4 Å². The predicted molar refractivity (Wildman–Crippen MR) is 126 cm³/mol. The summed E-state index contributed by atoms with van der Waals surface area (Å²) in [5, 5.41) is 7.22. The number of likely N-dealkylation sites (tertiary alicyclic amines) is 1. The number of rotatable bonds is 4. The highest BCUT2D eigenvalue weighted by atomic mass is 19.2. The number of nitrogens with zero attached hydrogens (tertiary/aromatic N) is 3. The van der Waals surface area contributed by atoms with E-state index in [1.807, 2.05) is 24.3 Å². The monoisotopic (exact) mass is 488 g/mol. The molecule has 2 aliphatic rings. The van der Waals surface area contributed by atoms with Crippen LogP contribution in [0, 0.1) is 11.6 Å². The largest absolute Gasteiger partial charge is 0.489 e. The Morgan fingerprint density at radius 3 is 2.57 bits per heavy atom. The van der Waals surface area contributed by atoms with E-state index in [1.165, 1.54) is 13.1 Å². The number of carbonyl (C=O) groups excluding carboxylic acids is 1. The zero-order valence-corrected chi connectivity index (χ0v) is 19.5. The highest BCUT2D eigenvalue weighted by molar-refractivity contribution is 5.95. The van der Waals surface area contributed by atoms with Crippen molar-refractivity contribution in [1.82, 2.24) is 15.2 Å². The van der Waals surface area contributed by atoms with Crippen LogP contribution in [0.15, 0.2) is 47.6 Å². The summed E-state index contributed by atoms with van der Waals surface area (Å²) in [5.41, 5.74) is 1.45. The van der Waals surface area contributed by atoms with Crippen molar-refractivity contribution < 1.29 is 23.0 Å². The molecule has 11 heteroatoms. The summed E-state index contributed by atoms with van der Waals surface area (Å²) in [6.07, 6.45) is 2.35. The van der Waals surface area contributed by atoms with E-state index in [0.29, 0.717) is 31.0 Å². The van der Waals surface area contributed by atoms with Gasteiger partial charge in [-0.25, -0.2) is 19.4 Å². The smallest absolute Gasteiger partial charge is 0.324 e. The molecular weight excluding hydrogens is 458 g/mol. The van der Waals surface area contributed by atoms with Crippen molar-refractivity contribution in [2.45, 2.75) is 37.4 Å². The van der Waals surface area contributed by atoms with Crippen molar-refractivity contribution in [2.24, 2.45) is 16.8 Å². The van der Waals surface area contributed by atoms with Gasteiger partial charge < -0.3 is 20.2 Å². The second kappa shape index (κ2) is 10.4. The summed E-state index contributed by atoms with van der Waals surface area (Å²) in [6, 6.07) is 11.2. The summed E-state index contributed by atoms with van der Waals surface area (Å²) >= 11 is 0. The molecule has 2 aromatic rings. The van der Waals surface area contributed by atoms with E-state index >= 15 is 0 Å². The Hall–Kier alpha value is -3.44. The number of benzene rings is 2. The van der Waals surface area contributed by atoms with Crippen LogP contribution in [-0.2, 0) is 11.3 Å². The predicted octanol–water partition coefficient (Wildman–Crippen LogP) is 2.63. The number of nitrogens with one attached hydrogen (secondary N) is 1. The normalized spacial score (nSPS) is 19.6. The summed E-state index contributed by atoms with van der Waals surface area (Å²) in [4.78, 5) is 14.2. The minimum absolute atomic E-state index is 0.0877. The summed E-state index contributed by atoms with van der Waals surface area (Å²) in [5.74, 6) is 10.1. The molecule has 1 spiro atoms. The molecule has 0 saturated carbocycles. The van der Waals surface area contributed by atoms with Crippen LogP contribution in [-0.4, -0.2) is 54.2 Å². The molecule has 2 aliphatic heterocycles. The molecule has 2 aromatic carbocycles. The molecule has 188 valence electrons. The van der Waals surface area contributed by atoms with Crippen LogP contribution >= 0.6 is 0 Å². The van der Waals surface area contributed by atoms with Crippen molar-refractivity contribution in [3.05, 3.63) is 65.2 Å². The van der Waals surface area contributed by atoms with Crippen LogP contribution in [0.2, 0.25) is 0 Å². The molecule has 5 N–H and O–H groups in total. The summed E-state index contributed by atoms with van der Waals surface area (Å²) in [7, 11) is 1.54. The third kappa shape index (κ3) is 5.80. The zero-order valence-electron chi connectivity index (χ0n) is 19.5. The number of amides is 2. The second-order valence-electron chi connectivity index (χ2n) is 8.98. The maximum Gasteiger partial charge on any atom is 0.324 e. The van der Waals surface area contributed by atoms with E-state index in [4.69, 9.17) is 21.2 Å². The Morgan fingerprint density at radius 2 is 1.94 bits per heavy atom. The minimum Gasteiger partial charge on any atom is -0.489 e. The number of urea groups is 1. The first-order chi connectivity index (χ1) is 16.8. The number of guanidine groups is 1. The lowest BCUT2D eigenvalue weighted by Gasteiger charge is -2.38. The topological polar surface area (TPSA) is 118 Å². The van der Waals surface area contributed by atoms with Crippen LogP contribution in [0.5, 0.6) is 5.75 Å². The van der Waals surface area contributed by atoms with Crippen molar-refractivity contribution in [1.29, 1.82) is 0 Å². The van der Waals surface area contributed by atoms with Gasteiger partial charge in [0.25, 0.3) is 0 Å². The number of nitrogens with two attached hydrogens (primary N) is 2. The highest BCUT2D eigenvalue weighted by Crippen LogP contribution is 2.43. The number of hydrazine groups is 1. The number of hydrogen-bond acceptors (Lipinski definition) is 6. The molecule has 0 aliphatic carbocycles. The fourth-order valence-electron chi connectivity index (χ4n) is 4.54. The van der Waals surface area contributed by atoms with Gasteiger partial charge in [0, 0.05) is 26.1 Å². The van der Waals surface area contributed by atoms with Gasteiger partial charge in [0.2, 0.25) is 5.96 Å². The fraction of sp³-hybridized carbons (Fsp3) is 0.417. The number of piperidine rings is 1. The van der Waals surface area contributed by atoms with E-state index < -0.39 is 11.6 Å². The number of carbonyl (C=O) groups is 1. The van der Waals surface area contributed by atoms with Gasteiger partial charge in [-0.1, -0.05) is 18.2 Å². The Balaban J connectivity index is 1.28. The van der Waals surface area contributed by atoms with Gasteiger partial charge in [-0.15, -0.1) is 5.10 Å². The van der Waals surface area contributed by atoms with E-state index in [9.17, 15) is 13.6 Å². The van der Waals surface area contributed by atoms with Gasteiger partial charge in [-0.2, -0.15) is 0 Å². The molecule has 0 bridgehead atoms. The molecule has 35 heavy (non-hydrogen) atoms. The highest BCUT2D eigenvalue weighted by Gasteiger charge is 2.43. The van der Waals surface area contributed by atoms with Gasteiger partial charge in [0.15, 0.2) is 11.6 Å². The van der Waals surface area contributed by atoms with Crippen LogP contribution in [0.1, 0.15) is 36.3 Å². The Morgan fingerprint density at radius 1 is 1.23 bits per heavy atom. The van der Waals surface area contributed by atoms with Crippen LogP contribution in [0.4, 0.5) is 13.6 Å². The van der Waals surface area contributed by atoms with E-state index in [2.05, 4.69) is 10.4 Å². The molecule has 0 aromatic heterocycles. The quantitative estimate of drug-likeness (QED) is 0.264. The Kier molecular flexibility index (Phi) is 7.37. The zero-order chi connectivity index (χ0) is 25.0. The molecule has 2 fully saturated rings. The Bertz CT molecular complexity index is 1070. The minimum atomic E-state index is -0.889. The number of hydrazone groups is 1. The first-order valence-electron chi connectivity index (χ1n) is 11.4. The molecule has 0 radical (unpaired) electrons. The van der Waals surface area contributed by atoms with Crippen molar-refractivity contribution in [3.8, 4) is 5.75 Å². The van der Waals surface area contributed by atoms with E-state index in [-0.39, 0.29) is 30.1 Å². The number of halogens is 2. The first-order valence-corrected chi connectivity index (χ1v) is 11.4. The average molecular weight is 489 g/mol. The SMILES string of the molecule is CN(N)/C(=N\N)NC(=O)N1CCC2(CC1)CC(c1ccc(OCc3ccc(F)c(F)c3)cc1)CO2. The van der Waals surface area contributed by atoms with E-state index in [1.54, 1.807) is 4.90 Å². The molecule has 4 rings (SSSR count). The molecule has 2 saturated heterocycles. The fourth-order valence-corrected chi connectivity index (χ4v) is 4.54. The van der Waals surface area contributed by atoms with Gasteiger partial charge in [0.05, 0.1) is 12.2 Å². The molecule has 9 nitrogen and oxygen atoms in total. The summed E-state index contributed by atoms with van der Waals surface area (Å²) in [6.45, 7) is 1.88. The maximum absolute atomic E-state index is 13.4. The van der Waals surface area contributed by atoms with Crippen LogP contribution in [0.25, 0.3) is 0 Å². The molecule has 2 amide bonds. The molecular formula is C24H30F2N6O3. The lowest BCUT2D eigenvalue weighted by atomic mass is 9.83. The van der Waals surface area contributed by atoms with Gasteiger partial charge >= 0.3 is 6.03 Å².